The Kier molecular flexibility index (Phi) is 5.55. The average molecular weight is 263 g/mol. The summed E-state index contributed by atoms with van der Waals surface area (Å²) < 4.78 is 4.98. The third kappa shape index (κ3) is 4.06. The van der Waals surface area contributed by atoms with Gasteiger partial charge >= 0.3 is 5.97 Å². The molecule has 0 saturated heterocycles. The maximum absolute atomic E-state index is 11.5. The van der Waals surface area contributed by atoms with E-state index in [9.17, 15) is 4.79 Å². The molecular formula is C16H25NO2. The average Bonchev–Trinajstić information content (AvgIpc) is 2.32. The van der Waals surface area contributed by atoms with Crippen molar-refractivity contribution in [1.29, 1.82) is 0 Å². The Morgan fingerprint density at radius 2 is 1.68 bits per heavy atom. The van der Waals surface area contributed by atoms with Crippen LogP contribution in [-0.2, 0) is 16.1 Å². The molecule has 0 aromatic heterocycles. The molecule has 1 aromatic rings. The van der Waals surface area contributed by atoms with Gasteiger partial charge in [0.1, 0.15) is 0 Å². The molecule has 0 fully saturated rings. The van der Waals surface area contributed by atoms with Crippen molar-refractivity contribution in [3.05, 3.63) is 33.9 Å². The first-order valence-electron chi connectivity index (χ1n) is 6.77. The lowest BCUT2D eigenvalue weighted by atomic mass is 9.94. The van der Waals surface area contributed by atoms with Gasteiger partial charge in [-0.3, -0.25) is 9.69 Å². The van der Waals surface area contributed by atoms with E-state index in [1.807, 2.05) is 18.9 Å². The van der Waals surface area contributed by atoms with E-state index in [0.717, 1.165) is 6.54 Å². The topological polar surface area (TPSA) is 29.5 Å². The largest absolute Gasteiger partial charge is 0.465 e. The van der Waals surface area contributed by atoms with Crippen LogP contribution in [0.25, 0.3) is 0 Å². The molecule has 0 bridgehead atoms. The van der Waals surface area contributed by atoms with Gasteiger partial charge in [0.05, 0.1) is 13.2 Å². The molecule has 1 rings (SSSR count). The minimum absolute atomic E-state index is 0.162. The number of carbonyl (C=O) groups is 1. The van der Waals surface area contributed by atoms with E-state index in [0.29, 0.717) is 13.2 Å². The molecule has 3 nitrogen and oxygen atoms in total. The van der Waals surface area contributed by atoms with Gasteiger partial charge < -0.3 is 4.74 Å². The van der Waals surface area contributed by atoms with E-state index >= 15 is 0 Å². The summed E-state index contributed by atoms with van der Waals surface area (Å²) in [5, 5.41) is 0. The highest BCUT2D eigenvalue weighted by Crippen LogP contribution is 2.22. The SMILES string of the molecule is CCOC(=O)CN(C)Cc1c(C)c(C)cc(C)c1C. The van der Waals surface area contributed by atoms with Crippen molar-refractivity contribution in [1.82, 2.24) is 4.90 Å². The van der Waals surface area contributed by atoms with Crippen LogP contribution in [0.4, 0.5) is 0 Å². The van der Waals surface area contributed by atoms with Gasteiger partial charge in [-0.05, 0) is 69.5 Å². The van der Waals surface area contributed by atoms with Gasteiger partial charge in [0, 0.05) is 6.54 Å². The van der Waals surface area contributed by atoms with Crippen molar-refractivity contribution in [2.45, 2.75) is 41.2 Å². The Balaban J connectivity index is 2.85. The summed E-state index contributed by atoms with van der Waals surface area (Å²) in [5.74, 6) is -0.162. The first-order chi connectivity index (χ1) is 8.86. The minimum Gasteiger partial charge on any atom is -0.465 e. The van der Waals surface area contributed by atoms with E-state index in [1.165, 1.54) is 27.8 Å². The molecule has 106 valence electrons. The molecule has 1 aromatic carbocycles. The second kappa shape index (κ2) is 6.71. The number of hydrogen-bond donors (Lipinski definition) is 0. The predicted molar refractivity (Wildman–Crippen MR) is 78.4 cm³/mol. The summed E-state index contributed by atoms with van der Waals surface area (Å²) in [6.07, 6.45) is 0. The standard InChI is InChI=1S/C16H25NO2/c1-7-19-16(18)10-17(6)9-15-13(4)11(2)8-12(3)14(15)5/h8H,7,9-10H2,1-6H3. The summed E-state index contributed by atoms with van der Waals surface area (Å²) in [6.45, 7) is 11.9. The molecule has 0 N–H and O–H groups in total. The maximum atomic E-state index is 11.5. The Morgan fingerprint density at radius 3 is 2.16 bits per heavy atom. The Labute approximate surface area is 116 Å². The number of esters is 1. The van der Waals surface area contributed by atoms with Crippen LogP contribution in [0.15, 0.2) is 6.07 Å². The molecule has 0 atom stereocenters. The van der Waals surface area contributed by atoms with Crippen LogP contribution < -0.4 is 0 Å². The summed E-state index contributed by atoms with van der Waals surface area (Å²) >= 11 is 0. The molecule has 0 spiro atoms. The van der Waals surface area contributed by atoms with E-state index in [-0.39, 0.29) is 5.97 Å². The Bertz CT molecular complexity index is 440. The van der Waals surface area contributed by atoms with Gasteiger partial charge in [0.2, 0.25) is 0 Å². The lowest BCUT2D eigenvalue weighted by Gasteiger charge is -2.21. The number of hydrogen-bond acceptors (Lipinski definition) is 3. The fraction of sp³-hybridized carbons (Fsp3) is 0.562. The first-order valence-corrected chi connectivity index (χ1v) is 6.77. The van der Waals surface area contributed by atoms with Crippen LogP contribution in [0.2, 0.25) is 0 Å². The molecule has 0 aliphatic carbocycles. The molecule has 3 heteroatoms. The van der Waals surface area contributed by atoms with Crippen molar-refractivity contribution >= 4 is 5.97 Å². The molecule has 19 heavy (non-hydrogen) atoms. The molecule has 0 amide bonds. The van der Waals surface area contributed by atoms with Crippen LogP contribution in [0.5, 0.6) is 0 Å². The smallest absolute Gasteiger partial charge is 0.320 e. The Morgan fingerprint density at radius 1 is 1.16 bits per heavy atom. The number of carbonyl (C=O) groups excluding carboxylic acids is 1. The zero-order valence-corrected chi connectivity index (χ0v) is 13.0. The van der Waals surface area contributed by atoms with Crippen molar-refractivity contribution in [2.75, 3.05) is 20.2 Å². The van der Waals surface area contributed by atoms with E-state index in [1.54, 1.807) is 0 Å². The van der Waals surface area contributed by atoms with Crippen molar-refractivity contribution in [2.24, 2.45) is 0 Å². The fourth-order valence-corrected chi connectivity index (χ4v) is 2.29. The highest BCUT2D eigenvalue weighted by molar-refractivity contribution is 5.71. The quantitative estimate of drug-likeness (QED) is 0.765. The minimum atomic E-state index is -0.162. The molecule has 0 radical (unpaired) electrons. The molecule has 0 aliphatic rings. The number of aryl methyl sites for hydroxylation is 2. The number of benzene rings is 1. The van der Waals surface area contributed by atoms with Crippen LogP contribution in [-0.4, -0.2) is 31.1 Å². The van der Waals surface area contributed by atoms with Crippen LogP contribution in [0.1, 0.15) is 34.7 Å². The second-order valence-electron chi connectivity index (χ2n) is 5.22. The molecule has 0 aliphatic heterocycles. The highest BCUT2D eigenvalue weighted by Gasteiger charge is 2.13. The maximum Gasteiger partial charge on any atom is 0.320 e. The highest BCUT2D eigenvalue weighted by atomic mass is 16.5. The van der Waals surface area contributed by atoms with Gasteiger partial charge in [0.15, 0.2) is 0 Å². The predicted octanol–water partition coefficient (Wildman–Crippen LogP) is 2.92. The molecule has 0 saturated carbocycles. The first kappa shape index (κ1) is 15.7. The van der Waals surface area contributed by atoms with Crippen LogP contribution in [0.3, 0.4) is 0 Å². The van der Waals surface area contributed by atoms with Crippen molar-refractivity contribution in [3.63, 3.8) is 0 Å². The van der Waals surface area contributed by atoms with Gasteiger partial charge in [-0.15, -0.1) is 0 Å². The van der Waals surface area contributed by atoms with Crippen LogP contribution in [0, 0.1) is 27.7 Å². The number of nitrogens with zero attached hydrogens (tertiary/aromatic N) is 1. The third-order valence-electron chi connectivity index (χ3n) is 3.65. The number of likely N-dealkylation sites (N-methyl/N-ethyl adjacent to an activating group) is 1. The summed E-state index contributed by atoms with van der Waals surface area (Å²) in [5.41, 5.74) is 6.58. The monoisotopic (exact) mass is 263 g/mol. The zero-order chi connectivity index (χ0) is 14.6. The van der Waals surface area contributed by atoms with E-state index in [2.05, 4.69) is 33.8 Å². The zero-order valence-electron chi connectivity index (χ0n) is 13.0. The lowest BCUT2D eigenvalue weighted by molar-refractivity contribution is -0.144. The number of ether oxygens (including phenoxy) is 1. The van der Waals surface area contributed by atoms with Crippen LogP contribution >= 0.6 is 0 Å². The summed E-state index contributed by atoms with van der Waals surface area (Å²) in [7, 11) is 1.95. The fourth-order valence-electron chi connectivity index (χ4n) is 2.29. The van der Waals surface area contributed by atoms with Crippen molar-refractivity contribution in [3.8, 4) is 0 Å². The number of rotatable bonds is 5. The second-order valence-corrected chi connectivity index (χ2v) is 5.22. The molecule has 0 unspecified atom stereocenters. The third-order valence-corrected chi connectivity index (χ3v) is 3.65. The molecular weight excluding hydrogens is 238 g/mol. The molecule has 0 heterocycles. The van der Waals surface area contributed by atoms with Gasteiger partial charge in [-0.1, -0.05) is 6.07 Å². The summed E-state index contributed by atoms with van der Waals surface area (Å²) in [4.78, 5) is 13.5. The Hall–Kier alpha value is -1.35. The van der Waals surface area contributed by atoms with E-state index in [4.69, 9.17) is 4.74 Å². The van der Waals surface area contributed by atoms with Crippen molar-refractivity contribution < 1.29 is 9.53 Å². The normalized spacial score (nSPS) is 10.9. The lowest BCUT2D eigenvalue weighted by Crippen LogP contribution is -2.27. The van der Waals surface area contributed by atoms with Gasteiger partial charge in [-0.2, -0.15) is 0 Å². The van der Waals surface area contributed by atoms with Gasteiger partial charge in [-0.25, -0.2) is 0 Å². The summed E-state index contributed by atoms with van der Waals surface area (Å²) in [6, 6.07) is 2.22. The van der Waals surface area contributed by atoms with E-state index < -0.39 is 0 Å². The van der Waals surface area contributed by atoms with Gasteiger partial charge in [0.25, 0.3) is 0 Å².